The summed E-state index contributed by atoms with van der Waals surface area (Å²) >= 11 is 1.38. The van der Waals surface area contributed by atoms with Crippen LogP contribution in [-0.4, -0.2) is 59.5 Å². The minimum atomic E-state index is -0.383. The van der Waals surface area contributed by atoms with Crippen LogP contribution in [0.4, 0.5) is 11.4 Å². The summed E-state index contributed by atoms with van der Waals surface area (Å²) in [6, 6.07) is 17.2. The Morgan fingerprint density at radius 1 is 0.895 bits per heavy atom. The zero-order valence-corrected chi connectivity index (χ0v) is 23.0. The Bertz CT molecular complexity index is 1320. The van der Waals surface area contributed by atoms with Gasteiger partial charge < -0.3 is 28.2 Å². The number of esters is 2. The zero-order valence-electron chi connectivity index (χ0n) is 22.2. The van der Waals surface area contributed by atoms with E-state index in [1.54, 1.807) is 14.2 Å². The van der Waals surface area contributed by atoms with Crippen LogP contribution in [0.2, 0.25) is 0 Å². The molecule has 0 N–H and O–H groups in total. The van der Waals surface area contributed by atoms with E-state index in [2.05, 4.69) is 5.92 Å². The predicted molar refractivity (Wildman–Crippen MR) is 151 cm³/mol. The molecule has 0 bridgehead atoms. The van der Waals surface area contributed by atoms with Gasteiger partial charge in [0.05, 0.1) is 47.1 Å². The van der Waals surface area contributed by atoms with Crippen LogP contribution in [0, 0.1) is 12.3 Å². The van der Waals surface area contributed by atoms with Gasteiger partial charge in [0.1, 0.15) is 6.54 Å². The Morgan fingerprint density at radius 2 is 1.53 bits per heavy atom. The molecule has 0 amide bonds. The number of methoxy groups -OCH3 is 4. The average Bonchev–Trinajstić information content (AvgIpc) is 2.94. The van der Waals surface area contributed by atoms with Crippen LogP contribution >= 0.6 is 11.9 Å². The zero-order chi connectivity index (χ0) is 27.7. The molecule has 0 saturated heterocycles. The molecular formula is C29H32N2O6S. The van der Waals surface area contributed by atoms with Gasteiger partial charge in [-0.3, -0.25) is 9.59 Å². The van der Waals surface area contributed by atoms with Crippen LogP contribution in [0.15, 0.2) is 59.5 Å². The quantitative estimate of drug-likeness (QED) is 0.182. The first kappa shape index (κ1) is 28.5. The van der Waals surface area contributed by atoms with E-state index in [4.69, 9.17) is 25.4 Å². The van der Waals surface area contributed by atoms with Gasteiger partial charge in [0.15, 0.2) is 11.5 Å². The normalized spacial score (nSPS) is 11.3. The Kier molecular flexibility index (Phi) is 10.1. The molecule has 3 aromatic carbocycles. The first-order valence-electron chi connectivity index (χ1n) is 11.9. The lowest BCUT2D eigenvalue weighted by Gasteiger charge is -2.31. The molecule has 1 atom stereocenters. The molecule has 0 aliphatic carbocycles. The smallest absolute Gasteiger partial charge is 0.326 e. The van der Waals surface area contributed by atoms with Crippen molar-refractivity contribution < 1.29 is 28.5 Å². The second kappa shape index (κ2) is 13.5. The Morgan fingerprint density at radius 3 is 2.13 bits per heavy atom. The molecule has 8 nitrogen and oxygen atoms in total. The van der Waals surface area contributed by atoms with E-state index in [0.29, 0.717) is 18.0 Å². The SMILES string of the molecule is C#CCN(c1ccc(N(CC(=O)OC)Sc2ccc(OC)c(OC)c2)c2ccccc12)[C@@H](C)CC(=O)OC. The van der Waals surface area contributed by atoms with Crippen molar-refractivity contribution in [3.05, 3.63) is 54.6 Å². The van der Waals surface area contributed by atoms with E-state index in [-0.39, 0.29) is 30.9 Å². The summed E-state index contributed by atoms with van der Waals surface area (Å²) in [6.45, 7) is 2.26. The number of carbonyl (C=O) groups excluding carboxylic acids is 2. The molecule has 0 aliphatic rings. The second-order valence-electron chi connectivity index (χ2n) is 8.33. The number of rotatable bonds is 12. The van der Waals surface area contributed by atoms with E-state index >= 15 is 0 Å². The van der Waals surface area contributed by atoms with Crippen LogP contribution in [-0.2, 0) is 19.1 Å². The van der Waals surface area contributed by atoms with Gasteiger partial charge in [-0.15, -0.1) is 6.42 Å². The third-order valence-corrected chi connectivity index (χ3v) is 7.02. The van der Waals surface area contributed by atoms with Crippen LogP contribution in [0.1, 0.15) is 13.3 Å². The molecule has 0 spiro atoms. The van der Waals surface area contributed by atoms with Gasteiger partial charge >= 0.3 is 11.9 Å². The Hall–Kier alpha value is -4.03. The molecule has 0 fully saturated rings. The number of anilines is 2. The van der Waals surface area contributed by atoms with E-state index in [1.165, 1.54) is 26.2 Å². The highest BCUT2D eigenvalue weighted by Gasteiger charge is 2.23. The fourth-order valence-electron chi connectivity index (χ4n) is 4.10. The highest BCUT2D eigenvalue weighted by molar-refractivity contribution is 8.00. The summed E-state index contributed by atoms with van der Waals surface area (Å²) in [5.41, 5.74) is 1.70. The maximum absolute atomic E-state index is 12.4. The van der Waals surface area contributed by atoms with Crippen molar-refractivity contribution in [2.24, 2.45) is 0 Å². The maximum atomic E-state index is 12.4. The fraction of sp³-hybridized carbons (Fsp3) is 0.310. The van der Waals surface area contributed by atoms with Crippen molar-refractivity contribution in [3.63, 3.8) is 0 Å². The van der Waals surface area contributed by atoms with Crippen molar-refractivity contribution >= 4 is 46.0 Å². The van der Waals surface area contributed by atoms with Crippen molar-refractivity contribution in [3.8, 4) is 23.8 Å². The van der Waals surface area contributed by atoms with E-state index in [0.717, 1.165) is 27.0 Å². The molecule has 0 radical (unpaired) electrons. The number of hydrogen-bond acceptors (Lipinski definition) is 9. The molecule has 0 unspecified atom stereocenters. The maximum Gasteiger partial charge on any atom is 0.326 e. The minimum Gasteiger partial charge on any atom is -0.493 e. The number of nitrogens with zero attached hydrogens (tertiary/aromatic N) is 2. The molecule has 0 heterocycles. The molecule has 0 aliphatic heterocycles. The first-order chi connectivity index (χ1) is 18.4. The number of ether oxygens (including phenoxy) is 4. The van der Waals surface area contributed by atoms with Gasteiger partial charge in [-0.1, -0.05) is 30.2 Å². The summed E-state index contributed by atoms with van der Waals surface area (Å²) in [6.07, 6.45) is 5.89. The van der Waals surface area contributed by atoms with E-state index in [9.17, 15) is 9.59 Å². The third-order valence-electron chi connectivity index (χ3n) is 6.01. The van der Waals surface area contributed by atoms with E-state index in [1.807, 2.05) is 70.7 Å². The lowest BCUT2D eigenvalue weighted by atomic mass is 10.0. The number of carbonyl (C=O) groups is 2. The Labute approximate surface area is 227 Å². The van der Waals surface area contributed by atoms with Crippen LogP contribution in [0.25, 0.3) is 10.8 Å². The molecule has 3 rings (SSSR count). The lowest BCUT2D eigenvalue weighted by Crippen LogP contribution is -2.35. The monoisotopic (exact) mass is 536 g/mol. The average molecular weight is 537 g/mol. The van der Waals surface area contributed by atoms with Crippen LogP contribution in [0.5, 0.6) is 11.5 Å². The summed E-state index contributed by atoms with van der Waals surface area (Å²) in [4.78, 5) is 27.3. The van der Waals surface area contributed by atoms with Crippen molar-refractivity contribution in [1.82, 2.24) is 0 Å². The standard InChI is InChI=1S/C29H32N2O6S/c1-7-16-30(20(2)17-28(32)36-5)24-13-14-25(23-11-9-8-10-22(23)24)31(19-29(33)37-6)38-21-12-15-26(34-3)27(18-21)35-4/h1,8-15,18,20H,16-17,19H2,2-6H3/t20-/m0/s1. The predicted octanol–water partition coefficient (Wildman–Crippen LogP) is 4.93. The largest absolute Gasteiger partial charge is 0.493 e. The van der Waals surface area contributed by atoms with Gasteiger partial charge in [0.25, 0.3) is 0 Å². The molecule has 3 aromatic rings. The second-order valence-corrected chi connectivity index (χ2v) is 9.43. The van der Waals surface area contributed by atoms with Gasteiger partial charge in [0, 0.05) is 27.4 Å². The molecule has 38 heavy (non-hydrogen) atoms. The van der Waals surface area contributed by atoms with Crippen molar-refractivity contribution in [2.45, 2.75) is 24.3 Å². The molecular weight excluding hydrogens is 504 g/mol. The third kappa shape index (κ3) is 6.64. The van der Waals surface area contributed by atoms with Gasteiger partial charge in [-0.05, 0) is 49.2 Å². The number of hydrogen-bond donors (Lipinski definition) is 0. The Balaban J connectivity index is 2.10. The highest BCUT2D eigenvalue weighted by atomic mass is 32.2. The molecule has 0 saturated carbocycles. The minimum absolute atomic E-state index is 0.00562. The topological polar surface area (TPSA) is 77.5 Å². The van der Waals surface area contributed by atoms with Gasteiger partial charge in [-0.2, -0.15) is 0 Å². The molecule has 200 valence electrons. The highest BCUT2D eigenvalue weighted by Crippen LogP contribution is 2.40. The van der Waals surface area contributed by atoms with Gasteiger partial charge in [-0.25, -0.2) is 0 Å². The number of fused-ring (bicyclic) bond motifs is 1. The number of benzene rings is 3. The molecule has 9 heteroatoms. The van der Waals surface area contributed by atoms with Gasteiger partial charge in [0.2, 0.25) is 0 Å². The summed E-state index contributed by atoms with van der Waals surface area (Å²) in [5, 5.41) is 1.84. The van der Waals surface area contributed by atoms with Crippen LogP contribution in [0.3, 0.4) is 0 Å². The number of terminal acetylenes is 1. The van der Waals surface area contributed by atoms with E-state index < -0.39 is 0 Å². The fourth-order valence-corrected chi connectivity index (χ4v) is 5.07. The molecule has 0 aromatic heterocycles. The first-order valence-corrected chi connectivity index (χ1v) is 12.7. The summed E-state index contributed by atoms with van der Waals surface area (Å²) in [5.74, 6) is 3.21. The summed E-state index contributed by atoms with van der Waals surface area (Å²) < 4.78 is 22.6. The van der Waals surface area contributed by atoms with Crippen molar-refractivity contribution in [2.75, 3.05) is 50.7 Å². The van der Waals surface area contributed by atoms with Crippen molar-refractivity contribution in [1.29, 1.82) is 0 Å². The summed E-state index contributed by atoms with van der Waals surface area (Å²) in [7, 11) is 5.89. The lowest BCUT2D eigenvalue weighted by molar-refractivity contribution is -0.141. The van der Waals surface area contributed by atoms with Crippen LogP contribution < -0.4 is 18.7 Å².